The molecule has 1 spiro atoms. The highest BCUT2D eigenvalue weighted by Crippen LogP contribution is 2.44. The number of carbonyl (C=O) groups excluding carboxylic acids is 1. The molecule has 2 aliphatic heterocycles. The minimum atomic E-state index is 0.134. The topological polar surface area (TPSA) is 53.0 Å². The first-order chi connectivity index (χ1) is 13.0. The van der Waals surface area contributed by atoms with Crippen LogP contribution in [0.2, 0.25) is 0 Å². The Balaban J connectivity index is 1.61. The molecule has 27 heavy (non-hydrogen) atoms. The first kappa shape index (κ1) is 20.3. The lowest BCUT2D eigenvalue weighted by molar-refractivity contribution is 0.0399. The summed E-state index contributed by atoms with van der Waals surface area (Å²) in [6.07, 6.45) is 1.94. The molecule has 150 valence electrons. The second kappa shape index (κ2) is 8.72. The molecule has 5 nitrogen and oxygen atoms in total. The van der Waals surface area contributed by atoms with Gasteiger partial charge in [0.2, 0.25) is 0 Å². The molecule has 0 aromatic heterocycles. The molecule has 1 unspecified atom stereocenters. The lowest BCUT2D eigenvalue weighted by Crippen LogP contribution is -2.47. The van der Waals surface area contributed by atoms with E-state index in [0.717, 1.165) is 57.7 Å². The van der Waals surface area contributed by atoms with Gasteiger partial charge in [-0.3, -0.25) is 4.79 Å². The Morgan fingerprint density at radius 3 is 2.48 bits per heavy atom. The van der Waals surface area contributed by atoms with Crippen molar-refractivity contribution >= 4 is 5.91 Å². The van der Waals surface area contributed by atoms with Crippen molar-refractivity contribution in [3.8, 4) is 0 Å². The van der Waals surface area contributed by atoms with E-state index in [9.17, 15) is 9.90 Å². The average molecular weight is 375 g/mol. The van der Waals surface area contributed by atoms with Crippen LogP contribution in [0.4, 0.5) is 0 Å². The fraction of sp³-hybridized carbons (Fsp3) is 0.682. The Hall–Kier alpha value is -1.43. The van der Waals surface area contributed by atoms with Gasteiger partial charge in [-0.25, -0.2) is 0 Å². The van der Waals surface area contributed by atoms with Crippen molar-refractivity contribution in [2.75, 3.05) is 53.0 Å². The van der Waals surface area contributed by atoms with Crippen LogP contribution >= 0.6 is 0 Å². The Labute approximate surface area is 163 Å². The van der Waals surface area contributed by atoms with Crippen molar-refractivity contribution in [1.29, 1.82) is 0 Å². The fourth-order valence-electron chi connectivity index (χ4n) is 4.70. The van der Waals surface area contributed by atoms with Gasteiger partial charge in [0.15, 0.2) is 0 Å². The third-order valence-electron chi connectivity index (χ3n) is 6.59. The van der Waals surface area contributed by atoms with E-state index in [1.54, 1.807) is 7.11 Å². The van der Waals surface area contributed by atoms with Gasteiger partial charge >= 0.3 is 0 Å². The standard InChI is InChI=1S/C22H34N2O3/c1-17(2)18-4-6-19(7-5-18)21(26)24-10-8-22(9-11-24)16-23(12-13-27-3)14-20(22)15-25/h4-7,17,20,25H,8-16H2,1-3H3. The van der Waals surface area contributed by atoms with Crippen LogP contribution in [0.25, 0.3) is 0 Å². The molecular formula is C22H34N2O3. The van der Waals surface area contributed by atoms with Crippen LogP contribution in [0.1, 0.15) is 48.5 Å². The van der Waals surface area contributed by atoms with Crippen LogP contribution in [0.5, 0.6) is 0 Å². The predicted molar refractivity (Wildman–Crippen MR) is 107 cm³/mol. The molecule has 0 aliphatic carbocycles. The van der Waals surface area contributed by atoms with Crippen LogP contribution in [0.15, 0.2) is 24.3 Å². The number of hydrogen-bond donors (Lipinski definition) is 1. The summed E-state index contributed by atoms with van der Waals surface area (Å²) in [5.74, 6) is 0.912. The van der Waals surface area contributed by atoms with Crippen molar-refractivity contribution in [2.24, 2.45) is 11.3 Å². The maximum Gasteiger partial charge on any atom is 0.253 e. The number of amides is 1. The number of carbonyl (C=O) groups is 1. The second-order valence-corrected chi connectivity index (χ2v) is 8.54. The van der Waals surface area contributed by atoms with Crippen molar-refractivity contribution in [3.63, 3.8) is 0 Å². The van der Waals surface area contributed by atoms with Gasteiger partial charge in [-0.2, -0.15) is 0 Å². The first-order valence-corrected chi connectivity index (χ1v) is 10.2. The summed E-state index contributed by atoms with van der Waals surface area (Å²) >= 11 is 0. The SMILES string of the molecule is COCCN1CC(CO)C2(CCN(C(=O)c3ccc(C(C)C)cc3)CC2)C1. The smallest absolute Gasteiger partial charge is 0.253 e. The summed E-state index contributed by atoms with van der Waals surface area (Å²) in [4.78, 5) is 17.3. The molecule has 0 radical (unpaired) electrons. The van der Waals surface area contributed by atoms with Gasteiger partial charge in [0.25, 0.3) is 5.91 Å². The van der Waals surface area contributed by atoms with Gasteiger partial charge < -0.3 is 19.6 Å². The van der Waals surface area contributed by atoms with E-state index < -0.39 is 0 Å². The molecule has 1 N–H and O–H groups in total. The molecule has 2 aliphatic rings. The molecule has 1 atom stereocenters. The van der Waals surface area contributed by atoms with E-state index in [1.807, 2.05) is 17.0 Å². The largest absolute Gasteiger partial charge is 0.396 e. The minimum Gasteiger partial charge on any atom is -0.396 e. The molecule has 0 saturated carbocycles. The molecule has 2 saturated heterocycles. The van der Waals surface area contributed by atoms with E-state index in [0.29, 0.717) is 11.8 Å². The van der Waals surface area contributed by atoms with Gasteiger partial charge in [0.1, 0.15) is 0 Å². The first-order valence-electron chi connectivity index (χ1n) is 10.2. The number of piperidine rings is 1. The van der Waals surface area contributed by atoms with E-state index in [2.05, 4.69) is 30.9 Å². The molecular weight excluding hydrogens is 340 g/mol. The summed E-state index contributed by atoms with van der Waals surface area (Å²) in [7, 11) is 1.73. The average Bonchev–Trinajstić information content (AvgIpc) is 3.03. The van der Waals surface area contributed by atoms with Crippen LogP contribution < -0.4 is 0 Å². The normalized spacial score (nSPS) is 22.7. The van der Waals surface area contributed by atoms with Crippen LogP contribution in [0, 0.1) is 11.3 Å². The van der Waals surface area contributed by atoms with E-state index >= 15 is 0 Å². The molecule has 3 rings (SSSR count). The summed E-state index contributed by atoms with van der Waals surface area (Å²) in [5.41, 5.74) is 2.18. The van der Waals surface area contributed by atoms with Gasteiger partial charge in [-0.1, -0.05) is 26.0 Å². The highest BCUT2D eigenvalue weighted by Gasteiger charge is 2.47. The van der Waals surface area contributed by atoms with Crippen LogP contribution in [0.3, 0.4) is 0 Å². The molecule has 5 heteroatoms. The number of aliphatic hydroxyl groups is 1. The van der Waals surface area contributed by atoms with Crippen molar-refractivity contribution in [2.45, 2.75) is 32.6 Å². The van der Waals surface area contributed by atoms with Crippen LogP contribution in [-0.4, -0.2) is 73.9 Å². The number of ether oxygens (including phenoxy) is 1. The Morgan fingerprint density at radius 1 is 1.26 bits per heavy atom. The van der Waals surface area contributed by atoms with Gasteiger partial charge in [-0.05, 0) is 41.9 Å². The Kier molecular flexibility index (Phi) is 6.56. The van der Waals surface area contributed by atoms with E-state index in [4.69, 9.17) is 4.74 Å². The fourth-order valence-corrected chi connectivity index (χ4v) is 4.70. The number of methoxy groups -OCH3 is 1. The molecule has 0 bridgehead atoms. The number of benzene rings is 1. The molecule has 1 aromatic carbocycles. The zero-order chi connectivity index (χ0) is 19.4. The third-order valence-corrected chi connectivity index (χ3v) is 6.59. The Morgan fingerprint density at radius 2 is 1.93 bits per heavy atom. The van der Waals surface area contributed by atoms with E-state index in [-0.39, 0.29) is 17.9 Å². The number of nitrogens with zero attached hydrogens (tertiary/aromatic N) is 2. The van der Waals surface area contributed by atoms with Crippen molar-refractivity contribution < 1.29 is 14.6 Å². The maximum absolute atomic E-state index is 12.9. The second-order valence-electron chi connectivity index (χ2n) is 8.54. The number of rotatable bonds is 6. The summed E-state index contributed by atoms with van der Waals surface area (Å²) in [6.45, 7) is 9.70. The number of aliphatic hydroxyl groups excluding tert-OH is 1. The number of likely N-dealkylation sites (tertiary alicyclic amines) is 2. The zero-order valence-electron chi connectivity index (χ0n) is 17.0. The Bertz CT molecular complexity index is 621. The molecule has 1 aromatic rings. The molecule has 1 amide bonds. The molecule has 2 heterocycles. The summed E-state index contributed by atoms with van der Waals surface area (Å²) < 4.78 is 5.21. The lowest BCUT2D eigenvalue weighted by atomic mass is 9.71. The van der Waals surface area contributed by atoms with Crippen LogP contribution in [-0.2, 0) is 4.74 Å². The molecule has 2 fully saturated rings. The monoisotopic (exact) mass is 374 g/mol. The highest BCUT2D eigenvalue weighted by atomic mass is 16.5. The maximum atomic E-state index is 12.9. The zero-order valence-corrected chi connectivity index (χ0v) is 17.0. The summed E-state index contributed by atoms with van der Waals surface area (Å²) in [5, 5.41) is 9.91. The van der Waals surface area contributed by atoms with Gasteiger partial charge in [-0.15, -0.1) is 0 Å². The predicted octanol–water partition coefficient (Wildman–Crippen LogP) is 2.60. The lowest BCUT2D eigenvalue weighted by Gasteiger charge is -2.42. The third kappa shape index (κ3) is 4.36. The number of hydrogen-bond acceptors (Lipinski definition) is 4. The van der Waals surface area contributed by atoms with Gasteiger partial charge in [0.05, 0.1) is 6.61 Å². The van der Waals surface area contributed by atoms with Crippen molar-refractivity contribution in [1.82, 2.24) is 9.80 Å². The highest BCUT2D eigenvalue weighted by molar-refractivity contribution is 5.94. The summed E-state index contributed by atoms with van der Waals surface area (Å²) in [6, 6.07) is 8.05. The minimum absolute atomic E-state index is 0.134. The van der Waals surface area contributed by atoms with Gasteiger partial charge in [0, 0.05) is 57.9 Å². The van der Waals surface area contributed by atoms with Crippen molar-refractivity contribution in [3.05, 3.63) is 35.4 Å². The van der Waals surface area contributed by atoms with E-state index in [1.165, 1.54) is 5.56 Å². The quantitative estimate of drug-likeness (QED) is 0.832.